The van der Waals surface area contributed by atoms with Gasteiger partial charge in [-0.1, -0.05) is 18.2 Å². The van der Waals surface area contributed by atoms with Gasteiger partial charge in [0.1, 0.15) is 5.75 Å². The third-order valence-corrected chi connectivity index (χ3v) is 3.04. The number of anilines is 1. The Kier molecular flexibility index (Phi) is 3.77. The Hall–Kier alpha value is -1.55. The minimum atomic E-state index is 0.638. The van der Waals surface area contributed by atoms with Gasteiger partial charge in [0.25, 0.3) is 0 Å². The van der Waals surface area contributed by atoms with E-state index < -0.39 is 0 Å². The van der Waals surface area contributed by atoms with Crippen LogP contribution in [0.5, 0.6) is 5.75 Å². The van der Waals surface area contributed by atoms with Gasteiger partial charge in [-0.2, -0.15) is 0 Å². The minimum absolute atomic E-state index is 0.638. The standard InChI is InChI=1S/C12H14N2OS/c13-12-14-9-11(16-12)7-4-8-15-10-5-2-1-3-6-10/h1-3,5-6,9H,4,7-8H2,(H2,13,14). The van der Waals surface area contributed by atoms with E-state index in [1.807, 2.05) is 36.5 Å². The first-order valence-corrected chi connectivity index (χ1v) is 6.04. The summed E-state index contributed by atoms with van der Waals surface area (Å²) in [5.41, 5.74) is 5.55. The van der Waals surface area contributed by atoms with Gasteiger partial charge in [0, 0.05) is 11.1 Å². The molecule has 2 rings (SSSR count). The van der Waals surface area contributed by atoms with Crippen molar-refractivity contribution in [3.63, 3.8) is 0 Å². The lowest BCUT2D eigenvalue weighted by molar-refractivity contribution is 0.311. The predicted molar refractivity (Wildman–Crippen MR) is 66.8 cm³/mol. The van der Waals surface area contributed by atoms with E-state index in [2.05, 4.69) is 4.98 Å². The second-order valence-electron chi connectivity index (χ2n) is 3.43. The van der Waals surface area contributed by atoms with Crippen LogP contribution in [0.3, 0.4) is 0 Å². The molecule has 0 unspecified atom stereocenters. The highest BCUT2D eigenvalue weighted by Gasteiger charge is 1.98. The maximum atomic E-state index is 5.59. The molecule has 0 radical (unpaired) electrons. The van der Waals surface area contributed by atoms with E-state index in [0.717, 1.165) is 25.2 Å². The van der Waals surface area contributed by atoms with E-state index in [1.165, 1.54) is 4.88 Å². The second-order valence-corrected chi connectivity index (χ2v) is 4.58. The molecule has 4 heteroatoms. The number of benzene rings is 1. The summed E-state index contributed by atoms with van der Waals surface area (Å²) in [6, 6.07) is 9.85. The zero-order valence-corrected chi connectivity index (χ0v) is 9.74. The Morgan fingerprint density at radius 2 is 2.06 bits per heavy atom. The number of nitrogens with two attached hydrogens (primary N) is 1. The highest BCUT2D eigenvalue weighted by molar-refractivity contribution is 7.15. The molecule has 2 N–H and O–H groups in total. The molecule has 0 aliphatic carbocycles. The fourth-order valence-electron chi connectivity index (χ4n) is 1.39. The summed E-state index contributed by atoms with van der Waals surface area (Å²) in [6.07, 6.45) is 3.79. The number of para-hydroxylation sites is 1. The third-order valence-electron chi connectivity index (χ3n) is 2.15. The zero-order valence-electron chi connectivity index (χ0n) is 8.93. The zero-order chi connectivity index (χ0) is 11.2. The summed E-state index contributed by atoms with van der Waals surface area (Å²) in [7, 11) is 0. The van der Waals surface area contributed by atoms with E-state index in [0.29, 0.717) is 5.13 Å². The molecule has 0 saturated heterocycles. The Balaban J connectivity index is 1.69. The number of hydrogen-bond donors (Lipinski definition) is 1. The maximum absolute atomic E-state index is 5.59. The molecule has 0 saturated carbocycles. The third kappa shape index (κ3) is 3.24. The van der Waals surface area contributed by atoms with Crippen LogP contribution in [0.2, 0.25) is 0 Å². The van der Waals surface area contributed by atoms with Crippen LogP contribution in [-0.4, -0.2) is 11.6 Å². The number of hydrogen-bond acceptors (Lipinski definition) is 4. The van der Waals surface area contributed by atoms with Crippen LogP contribution in [0.4, 0.5) is 5.13 Å². The van der Waals surface area contributed by atoms with Crippen molar-refractivity contribution in [2.24, 2.45) is 0 Å². The molecule has 1 aromatic heterocycles. The Bertz CT molecular complexity index is 428. The van der Waals surface area contributed by atoms with Gasteiger partial charge in [-0.3, -0.25) is 0 Å². The molecular weight excluding hydrogens is 220 g/mol. The Labute approximate surface area is 98.9 Å². The number of rotatable bonds is 5. The molecule has 0 atom stereocenters. The average Bonchev–Trinajstić information content (AvgIpc) is 2.72. The van der Waals surface area contributed by atoms with Crippen LogP contribution in [0.1, 0.15) is 11.3 Å². The summed E-state index contributed by atoms with van der Waals surface area (Å²) in [5, 5.41) is 0.638. The summed E-state index contributed by atoms with van der Waals surface area (Å²) in [4.78, 5) is 5.23. The van der Waals surface area contributed by atoms with Gasteiger partial charge in [-0.05, 0) is 25.0 Å². The van der Waals surface area contributed by atoms with E-state index in [-0.39, 0.29) is 0 Å². The summed E-state index contributed by atoms with van der Waals surface area (Å²) in [5.74, 6) is 0.923. The predicted octanol–water partition coefficient (Wildman–Crippen LogP) is 2.74. The van der Waals surface area contributed by atoms with Gasteiger partial charge in [-0.15, -0.1) is 11.3 Å². The summed E-state index contributed by atoms with van der Waals surface area (Å²) >= 11 is 1.55. The second kappa shape index (κ2) is 5.51. The molecule has 0 amide bonds. The minimum Gasteiger partial charge on any atom is -0.494 e. The molecule has 3 nitrogen and oxygen atoms in total. The lowest BCUT2D eigenvalue weighted by Crippen LogP contribution is -1.98. The SMILES string of the molecule is Nc1ncc(CCCOc2ccccc2)s1. The number of ether oxygens (including phenoxy) is 1. The summed E-state index contributed by atoms with van der Waals surface area (Å²) in [6.45, 7) is 0.724. The van der Waals surface area contributed by atoms with E-state index >= 15 is 0 Å². The van der Waals surface area contributed by atoms with Gasteiger partial charge < -0.3 is 10.5 Å². The van der Waals surface area contributed by atoms with Crippen LogP contribution in [0, 0.1) is 0 Å². The molecule has 2 aromatic rings. The van der Waals surface area contributed by atoms with Gasteiger partial charge in [0.15, 0.2) is 5.13 Å². The van der Waals surface area contributed by atoms with Gasteiger partial charge in [0.05, 0.1) is 6.61 Å². The van der Waals surface area contributed by atoms with E-state index in [1.54, 1.807) is 11.3 Å². The molecule has 1 aromatic carbocycles. The molecule has 0 spiro atoms. The number of nitrogens with zero attached hydrogens (tertiary/aromatic N) is 1. The largest absolute Gasteiger partial charge is 0.494 e. The first-order chi connectivity index (χ1) is 7.84. The molecule has 16 heavy (non-hydrogen) atoms. The van der Waals surface area contributed by atoms with Gasteiger partial charge >= 0.3 is 0 Å². The van der Waals surface area contributed by atoms with Crippen molar-refractivity contribution >= 4 is 16.5 Å². The smallest absolute Gasteiger partial charge is 0.180 e. The number of aromatic nitrogens is 1. The van der Waals surface area contributed by atoms with Crippen LogP contribution in [0.25, 0.3) is 0 Å². The number of aryl methyl sites for hydroxylation is 1. The van der Waals surface area contributed by atoms with E-state index in [4.69, 9.17) is 10.5 Å². The van der Waals surface area contributed by atoms with Gasteiger partial charge in [-0.25, -0.2) is 4.98 Å². The quantitative estimate of drug-likeness (QED) is 0.809. The first-order valence-electron chi connectivity index (χ1n) is 5.22. The normalized spacial score (nSPS) is 10.2. The molecule has 1 heterocycles. The number of nitrogen functional groups attached to an aromatic ring is 1. The molecule has 84 valence electrons. The highest BCUT2D eigenvalue weighted by atomic mass is 32.1. The van der Waals surface area contributed by atoms with E-state index in [9.17, 15) is 0 Å². The van der Waals surface area contributed by atoms with Crippen molar-refractivity contribution in [3.05, 3.63) is 41.4 Å². The molecule has 0 bridgehead atoms. The fourth-order valence-corrected chi connectivity index (χ4v) is 2.12. The maximum Gasteiger partial charge on any atom is 0.180 e. The molecular formula is C12H14N2OS. The van der Waals surface area contributed by atoms with Crippen LogP contribution in [0.15, 0.2) is 36.5 Å². The topological polar surface area (TPSA) is 48.1 Å². The lowest BCUT2D eigenvalue weighted by atomic mass is 10.3. The molecule has 0 aliphatic rings. The fraction of sp³-hybridized carbons (Fsp3) is 0.250. The van der Waals surface area contributed by atoms with Crippen molar-refractivity contribution in [2.75, 3.05) is 12.3 Å². The van der Waals surface area contributed by atoms with Crippen LogP contribution < -0.4 is 10.5 Å². The lowest BCUT2D eigenvalue weighted by Gasteiger charge is -2.04. The van der Waals surface area contributed by atoms with Crippen LogP contribution >= 0.6 is 11.3 Å². The van der Waals surface area contributed by atoms with Crippen molar-refractivity contribution in [1.82, 2.24) is 4.98 Å². The van der Waals surface area contributed by atoms with Crippen molar-refractivity contribution in [1.29, 1.82) is 0 Å². The van der Waals surface area contributed by atoms with Crippen molar-refractivity contribution < 1.29 is 4.74 Å². The number of thiazole rings is 1. The summed E-state index contributed by atoms with van der Waals surface area (Å²) < 4.78 is 5.59. The Morgan fingerprint density at radius 1 is 1.25 bits per heavy atom. The Morgan fingerprint density at radius 3 is 2.75 bits per heavy atom. The molecule has 0 aliphatic heterocycles. The first kappa shape index (κ1) is 11.0. The molecule has 0 fully saturated rings. The average molecular weight is 234 g/mol. The highest BCUT2D eigenvalue weighted by Crippen LogP contribution is 2.16. The van der Waals surface area contributed by atoms with Crippen LogP contribution in [-0.2, 0) is 6.42 Å². The van der Waals surface area contributed by atoms with Crippen molar-refractivity contribution in [2.45, 2.75) is 12.8 Å². The monoisotopic (exact) mass is 234 g/mol. The van der Waals surface area contributed by atoms with Gasteiger partial charge in [0.2, 0.25) is 0 Å². The van der Waals surface area contributed by atoms with Crippen molar-refractivity contribution in [3.8, 4) is 5.75 Å².